The third-order valence-electron chi connectivity index (χ3n) is 3.15. The highest BCUT2D eigenvalue weighted by atomic mass is 35.5. The molecule has 0 bridgehead atoms. The van der Waals surface area contributed by atoms with Crippen LogP contribution in [0.1, 0.15) is 11.5 Å². The van der Waals surface area contributed by atoms with Crippen molar-refractivity contribution in [3.05, 3.63) is 65.2 Å². The Morgan fingerprint density at radius 2 is 1.67 bits per heavy atom. The second-order valence-electron chi connectivity index (χ2n) is 4.90. The van der Waals surface area contributed by atoms with Crippen LogP contribution in [0, 0.1) is 5.82 Å². The molecule has 4 nitrogen and oxygen atoms in total. The first-order chi connectivity index (χ1) is 11.3. The molecule has 0 amide bonds. The van der Waals surface area contributed by atoms with E-state index in [4.69, 9.17) is 11.6 Å². The van der Waals surface area contributed by atoms with Gasteiger partial charge in [-0.15, -0.1) is 0 Å². The molecule has 24 heavy (non-hydrogen) atoms. The highest BCUT2D eigenvalue weighted by Crippen LogP contribution is 2.31. The number of nitrogens with zero attached hydrogens (tertiary/aromatic N) is 4. The quantitative estimate of drug-likeness (QED) is 0.661. The molecule has 0 radical (unpaired) electrons. The summed E-state index contributed by atoms with van der Waals surface area (Å²) >= 11 is 5.69. The SMILES string of the molecule is Fc1ccc(-c2nc(C(F)(F)F)cn2Cc2ncc(Cl)cn2)cc1. The van der Waals surface area contributed by atoms with E-state index < -0.39 is 17.7 Å². The van der Waals surface area contributed by atoms with Gasteiger partial charge in [0.2, 0.25) is 0 Å². The van der Waals surface area contributed by atoms with Gasteiger partial charge in [0.15, 0.2) is 5.69 Å². The monoisotopic (exact) mass is 356 g/mol. The van der Waals surface area contributed by atoms with Gasteiger partial charge in [0, 0.05) is 24.2 Å². The van der Waals surface area contributed by atoms with Gasteiger partial charge in [0.1, 0.15) is 17.5 Å². The fourth-order valence-electron chi connectivity index (χ4n) is 2.08. The number of aromatic nitrogens is 4. The first-order valence-corrected chi connectivity index (χ1v) is 7.07. The molecule has 0 atom stereocenters. The summed E-state index contributed by atoms with van der Waals surface area (Å²) in [7, 11) is 0. The zero-order valence-corrected chi connectivity index (χ0v) is 12.7. The average Bonchev–Trinajstić information content (AvgIpc) is 2.94. The first-order valence-electron chi connectivity index (χ1n) is 6.69. The number of hydrogen-bond acceptors (Lipinski definition) is 3. The molecule has 0 aliphatic rings. The summed E-state index contributed by atoms with van der Waals surface area (Å²) in [4.78, 5) is 11.6. The van der Waals surface area contributed by atoms with Crippen LogP contribution in [0.3, 0.4) is 0 Å². The fourth-order valence-corrected chi connectivity index (χ4v) is 2.17. The summed E-state index contributed by atoms with van der Waals surface area (Å²) in [5.41, 5.74) is -0.698. The lowest BCUT2D eigenvalue weighted by molar-refractivity contribution is -0.140. The van der Waals surface area contributed by atoms with E-state index in [1.807, 2.05) is 0 Å². The van der Waals surface area contributed by atoms with E-state index in [0.29, 0.717) is 10.6 Å². The van der Waals surface area contributed by atoms with Crippen LogP contribution < -0.4 is 0 Å². The predicted molar refractivity (Wildman–Crippen MR) is 78.8 cm³/mol. The number of halogens is 5. The van der Waals surface area contributed by atoms with Gasteiger partial charge in [-0.1, -0.05) is 11.6 Å². The minimum absolute atomic E-state index is 0.0348. The summed E-state index contributed by atoms with van der Waals surface area (Å²) in [6.45, 7) is -0.0348. The lowest BCUT2D eigenvalue weighted by Crippen LogP contribution is -2.06. The van der Waals surface area contributed by atoms with E-state index in [1.54, 1.807) is 0 Å². The van der Waals surface area contributed by atoms with E-state index in [9.17, 15) is 17.6 Å². The van der Waals surface area contributed by atoms with Gasteiger partial charge in [-0.05, 0) is 24.3 Å². The number of alkyl halides is 3. The minimum atomic E-state index is -4.60. The maximum Gasteiger partial charge on any atom is 0.434 e. The van der Waals surface area contributed by atoms with Gasteiger partial charge < -0.3 is 4.57 Å². The van der Waals surface area contributed by atoms with Gasteiger partial charge in [-0.25, -0.2) is 19.3 Å². The molecule has 0 spiro atoms. The number of hydrogen-bond donors (Lipinski definition) is 0. The van der Waals surface area contributed by atoms with Gasteiger partial charge in [0.05, 0.1) is 11.6 Å². The van der Waals surface area contributed by atoms with Crippen LogP contribution in [-0.4, -0.2) is 19.5 Å². The second-order valence-corrected chi connectivity index (χ2v) is 5.34. The molecule has 0 aliphatic carbocycles. The van der Waals surface area contributed by atoms with Crippen LogP contribution in [0.2, 0.25) is 5.02 Å². The molecule has 2 heterocycles. The number of imidazole rings is 1. The molecule has 0 fully saturated rings. The van der Waals surface area contributed by atoms with Gasteiger partial charge >= 0.3 is 6.18 Å². The minimum Gasteiger partial charge on any atom is -0.323 e. The van der Waals surface area contributed by atoms with E-state index in [-0.39, 0.29) is 18.2 Å². The zero-order valence-electron chi connectivity index (χ0n) is 11.9. The zero-order chi connectivity index (χ0) is 17.3. The molecular weight excluding hydrogens is 348 g/mol. The Balaban J connectivity index is 2.04. The average molecular weight is 357 g/mol. The third kappa shape index (κ3) is 3.53. The Kier molecular flexibility index (Phi) is 4.23. The number of rotatable bonds is 3. The van der Waals surface area contributed by atoms with Crippen molar-refractivity contribution in [1.82, 2.24) is 19.5 Å². The summed E-state index contributed by atoms with van der Waals surface area (Å²) in [5, 5.41) is 0.319. The molecule has 3 aromatic rings. The second kappa shape index (κ2) is 6.20. The van der Waals surface area contributed by atoms with Crippen LogP contribution in [0.5, 0.6) is 0 Å². The van der Waals surface area contributed by atoms with Crippen molar-refractivity contribution in [3.8, 4) is 11.4 Å². The molecule has 0 saturated carbocycles. The van der Waals surface area contributed by atoms with Crippen molar-refractivity contribution in [2.24, 2.45) is 0 Å². The van der Waals surface area contributed by atoms with Crippen molar-refractivity contribution in [1.29, 1.82) is 0 Å². The maximum atomic E-state index is 13.0. The van der Waals surface area contributed by atoms with Crippen molar-refractivity contribution in [3.63, 3.8) is 0 Å². The van der Waals surface area contributed by atoms with Crippen molar-refractivity contribution in [2.45, 2.75) is 12.7 Å². The topological polar surface area (TPSA) is 43.6 Å². The summed E-state index contributed by atoms with van der Waals surface area (Å²) in [5.74, 6) is -0.177. The highest BCUT2D eigenvalue weighted by molar-refractivity contribution is 6.30. The number of benzene rings is 1. The molecule has 0 aliphatic heterocycles. The predicted octanol–water partition coefficient (Wildman–Crippen LogP) is 4.20. The van der Waals surface area contributed by atoms with Crippen LogP contribution in [0.15, 0.2) is 42.9 Å². The van der Waals surface area contributed by atoms with Gasteiger partial charge in [-0.2, -0.15) is 13.2 Å². The molecule has 2 aromatic heterocycles. The Labute approximate surface area is 138 Å². The van der Waals surface area contributed by atoms with Crippen LogP contribution in [0.4, 0.5) is 17.6 Å². The molecule has 3 rings (SSSR count). The summed E-state index contributed by atoms with van der Waals surface area (Å²) in [6.07, 6.45) is -1.02. The van der Waals surface area contributed by atoms with E-state index in [2.05, 4.69) is 15.0 Å². The van der Waals surface area contributed by atoms with Crippen molar-refractivity contribution >= 4 is 11.6 Å². The third-order valence-corrected chi connectivity index (χ3v) is 3.35. The van der Waals surface area contributed by atoms with Crippen molar-refractivity contribution < 1.29 is 17.6 Å². The molecule has 124 valence electrons. The standard InChI is InChI=1S/C15H9ClF4N4/c16-10-5-21-13(22-6-10)8-24-7-12(15(18,19)20)23-14(24)9-1-3-11(17)4-2-9/h1-7H,8H2. The van der Waals surface area contributed by atoms with Crippen LogP contribution >= 0.6 is 11.6 Å². The van der Waals surface area contributed by atoms with Crippen molar-refractivity contribution in [2.75, 3.05) is 0 Å². The molecule has 0 saturated heterocycles. The largest absolute Gasteiger partial charge is 0.434 e. The summed E-state index contributed by atoms with van der Waals surface area (Å²) < 4.78 is 53.2. The molecular formula is C15H9ClF4N4. The molecule has 0 unspecified atom stereocenters. The normalized spacial score (nSPS) is 11.7. The Bertz CT molecular complexity index is 841. The molecule has 0 N–H and O–H groups in total. The van der Waals surface area contributed by atoms with E-state index >= 15 is 0 Å². The Hall–Kier alpha value is -2.48. The lowest BCUT2D eigenvalue weighted by Gasteiger charge is -2.07. The van der Waals surface area contributed by atoms with Crippen LogP contribution in [-0.2, 0) is 12.7 Å². The summed E-state index contributed by atoms with van der Waals surface area (Å²) in [6, 6.07) is 5.02. The highest BCUT2D eigenvalue weighted by Gasteiger charge is 2.35. The Morgan fingerprint density at radius 3 is 2.25 bits per heavy atom. The van der Waals surface area contributed by atoms with E-state index in [1.165, 1.54) is 29.1 Å². The lowest BCUT2D eigenvalue weighted by atomic mass is 10.2. The fraction of sp³-hybridized carbons (Fsp3) is 0.133. The first kappa shape index (κ1) is 16.4. The van der Waals surface area contributed by atoms with Crippen LogP contribution in [0.25, 0.3) is 11.4 Å². The maximum absolute atomic E-state index is 13.0. The Morgan fingerprint density at radius 1 is 1.04 bits per heavy atom. The van der Waals surface area contributed by atoms with E-state index in [0.717, 1.165) is 18.3 Å². The van der Waals surface area contributed by atoms with Gasteiger partial charge in [-0.3, -0.25) is 0 Å². The smallest absolute Gasteiger partial charge is 0.323 e. The molecule has 1 aromatic carbocycles. The van der Waals surface area contributed by atoms with Gasteiger partial charge in [0.25, 0.3) is 0 Å². The molecule has 9 heteroatoms.